The Bertz CT molecular complexity index is 784. The standard InChI is InChI=1S/C18H32N8O8/c19-8-13(28)24-10(4-6-14(29)30)16(32)25-9(2-1-7-23-18(21)22)15(31)26-11(17(33)34)3-5-12(20)27/h9-11H,1-8,19H2,(H2,20,27)(H,24,28)(H,25,32)(H,26,31)(H,29,30)(H,33,34)(H4,21,22,23). The molecule has 3 atom stereocenters. The Morgan fingerprint density at radius 3 is 1.76 bits per heavy atom. The summed E-state index contributed by atoms with van der Waals surface area (Å²) < 4.78 is 0. The molecule has 0 aromatic carbocycles. The van der Waals surface area contributed by atoms with E-state index in [-0.39, 0.29) is 44.6 Å². The van der Waals surface area contributed by atoms with Crippen LogP contribution in [0.1, 0.15) is 38.5 Å². The zero-order valence-electron chi connectivity index (χ0n) is 18.5. The van der Waals surface area contributed by atoms with Gasteiger partial charge in [0.25, 0.3) is 0 Å². The lowest BCUT2D eigenvalue weighted by atomic mass is 10.1. The molecule has 4 amide bonds. The number of amides is 4. The summed E-state index contributed by atoms with van der Waals surface area (Å²) in [6, 6.07) is -4.07. The minimum absolute atomic E-state index is 0.0347. The highest BCUT2D eigenvalue weighted by Crippen LogP contribution is 2.05. The molecule has 0 aliphatic heterocycles. The second-order valence-electron chi connectivity index (χ2n) is 7.17. The van der Waals surface area contributed by atoms with E-state index >= 15 is 0 Å². The van der Waals surface area contributed by atoms with Gasteiger partial charge in [-0.05, 0) is 25.7 Å². The monoisotopic (exact) mass is 488 g/mol. The predicted octanol–water partition coefficient (Wildman–Crippen LogP) is -4.33. The molecule has 0 bridgehead atoms. The van der Waals surface area contributed by atoms with Crippen molar-refractivity contribution < 1.29 is 39.0 Å². The van der Waals surface area contributed by atoms with Crippen LogP contribution >= 0.6 is 0 Å². The van der Waals surface area contributed by atoms with Crippen molar-refractivity contribution in [2.75, 3.05) is 13.1 Å². The van der Waals surface area contributed by atoms with Crippen LogP contribution in [0.2, 0.25) is 0 Å². The fraction of sp³-hybridized carbons (Fsp3) is 0.611. The van der Waals surface area contributed by atoms with Crippen molar-refractivity contribution in [2.45, 2.75) is 56.7 Å². The second-order valence-corrected chi connectivity index (χ2v) is 7.17. The topological polar surface area (TPSA) is 295 Å². The van der Waals surface area contributed by atoms with E-state index in [1.165, 1.54) is 0 Å². The van der Waals surface area contributed by atoms with Crippen LogP contribution in [0.15, 0.2) is 4.99 Å². The Morgan fingerprint density at radius 2 is 1.29 bits per heavy atom. The minimum Gasteiger partial charge on any atom is -0.481 e. The molecule has 34 heavy (non-hydrogen) atoms. The Morgan fingerprint density at radius 1 is 0.765 bits per heavy atom. The van der Waals surface area contributed by atoms with Crippen LogP contribution in [0.3, 0.4) is 0 Å². The van der Waals surface area contributed by atoms with E-state index in [2.05, 4.69) is 20.9 Å². The van der Waals surface area contributed by atoms with Gasteiger partial charge in [-0.15, -0.1) is 0 Å². The minimum atomic E-state index is -1.46. The average Bonchev–Trinajstić information content (AvgIpc) is 2.74. The van der Waals surface area contributed by atoms with Crippen LogP contribution in [-0.2, 0) is 28.8 Å². The van der Waals surface area contributed by atoms with E-state index in [9.17, 15) is 33.9 Å². The third-order valence-corrected chi connectivity index (χ3v) is 4.36. The van der Waals surface area contributed by atoms with Gasteiger partial charge >= 0.3 is 11.9 Å². The maximum Gasteiger partial charge on any atom is 0.326 e. The molecule has 16 nitrogen and oxygen atoms in total. The molecule has 0 rings (SSSR count). The summed E-state index contributed by atoms with van der Waals surface area (Å²) >= 11 is 0. The first-order chi connectivity index (χ1) is 15.9. The van der Waals surface area contributed by atoms with Gasteiger partial charge in [0.1, 0.15) is 18.1 Å². The fourth-order valence-corrected chi connectivity index (χ4v) is 2.65. The van der Waals surface area contributed by atoms with Gasteiger partial charge in [0.2, 0.25) is 23.6 Å². The smallest absolute Gasteiger partial charge is 0.326 e. The number of aliphatic carboxylic acids is 2. The van der Waals surface area contributed by atoms with Crippen LogP contribution in [0.4, 0.5) is 0 Å². The summed E-state index contributed by atoms with van der Waals surface area (Å²) in [6.07, 6.45) is -1.17. The maximum absolute atomic E-state index is 12.7. The number of rotatable bonds is 17. The SMILES string of the molecule is NCC(=O)NC(CCC(=O)O)C(=O)NC(CCCN=C(N)N)C(=O)NC(CCC(N)=O)C(=O)O. The highest BCUT2D eigenvalue weighted by molar-refractivity contribution is 5.93. The number of guanidine groups is 1. The van der Waals surface area contributed by atoms with Crippen LogP contribution in [0.5, 0.6) is 0 Å². The number of nitrogens with one attached hydrogen (secondary N) is 3. The van der Waals surface area contributed by atoms with Gasteiger partial charge < -0.3 is 49.1 Å². The summed E-state index contributed by atoms with van der Waals surface area (Å²) in [5.74, 6) is -6.09. The van der Waals surface area contributed by atoms with Crippen molar-refractivity contribution in [2.24, 2.45) is 27.9 Å². The highest BCUT2D eigenvalue weighted by Gasteiger charge is 2.29. The van der Waals surface area contributed by atoms with Crippen molar-refractivity contribution in [3.63, 3.8) is 0 Å². The van der Waals surface area contributed by atoms with E-state index in [1.54, 1.807) is 0 Å². The van der Waals surface area contributed by atoms with Crippen molar-refractivity contribution in [1.82, 2.24) is 16.0 Å². The lowest BCUT2D eigenvalue weighted by Gasteiger charge is -2.24. The molecule has 0 saturated heterocycles. The van der Waals surface area contributed by atoms with E-state index < -0.39 is 66.7 Å². The van der Waals surface area contributed by atoms with Gasteiger partial charge in [0.05, 0.1) is 6.54 Å². The first-order valence-electron chi connectivity index (χ1n) is 10.3. The van der Waals surface area contributed by atoms with Gasteiger partial charge in [-0.2, -0.15) is 0 Å². The molecule has 0 aliphatic rings. The molecule has 16 heteroatoms. The van der Waals surface area contributed by atoms with Crippen molar-refractivity contribution >= 4 is 41.5 Å². The predicted molar refractivity (Wildman–Crippen MR) is 118 cm³/mol. The number of primary amides is 1. The molecular formula is C18H32N8O8. The quantitative estimate of drug-likeness (QED) is 0.0535. The lowest BCUT2D eigenvalue weighted by Crippen LogP contribution is -2.56. The largest absolute Gasteiger partial charge is 0.481 e. The Balaban J connectivity index is 5.53. The van der Waals surface area contributed by atoms with Gasteiger partial charge in [-0.25, -0.2) is 4.79 Å². The Labute approximate surface area is 194 Å². The van der Waals surface area contributed by atoms with Crippen LogP contribution in [0, 0.1) is 0 Å². The van der Waals surface area contributed by atoms with E-state index in [1.807, 2.05) is 0 Å². The maximum atomic E-state index is 12.7. The van der Waals surface area contributed by atoms with Crippen molar-refractivity contribution in [3.05, 3.63) is 0 Å². The average molecular weight is 489 g/mol. The van der Waals surface area contributed by atoms with Crippen LogP contribution < -0.4 is 38.9 Å². The number of carboxylic acid groups (broad SMARTS) is 2. The van der Waals surface area contributed by atoms with Gasteiger partial charge in [-0.3, -0.25) is 29.0 Å². The number of hydrogen-bond acceptors (Lipinski definition) is 8. The molecule has 0 aromatic heterocycles. The van der Waals surface area contributed by atoms with Crippen molar-refractivity contribution in [3.8, 4) is 0 Å². The number of nitrogens with zero attached hydrogens (tertiary/aromatic N) is 1. The lowest BCUT2D eigenvalue weighted by molar-refractivity contribution is -0.142. The normalized spacial score (nSPS) is 13.0. The molecule has 0 saturated carbocycles. The summed E-state index contributed by atoms with van der Waals surface area (Å²) in [4.78, 5) is 74.1. The molecule has 0 aromatic rings. The van der Waals surface area contributed by atoms with E-state index in [4.69, 9.17) is 28.0 Å². The molecule has 13 N–H and O–H groups in total. The van der Waals surface area contributed by atoms with E-state index in [0.717, 1.165) is 0 Å². The third-order valence-electron chi connectivity index (χ3n) is 4.36. The number of nitrogens with two attached hydrogens (primary N) is 4. The summed E-state index contributed by atoms with van der Waals surface area (Å²) in [6.45, 7) is -0.363. The first-order valence-corrected chi connectivity index (χ1v) is 10.3. The summed E-state index contributed by atoms with van der Waals surface area (Å²) in [5, 5.41) is 25.0. The van der Waals surface area contributed by atoms with Crippen LogP contribution in [0.25, 0.3) is 0 Å². The molecule has 0 heterocycles. The molecular weight excluding hydrogens is 456 g/mol. The number of carbonyl (C=O) groups is 6. The molecule has 192 valence electrons. The third kappa shape index (κ3) is 13.5. The Hall–Kier alpha value is -3.95. The van der Waals surface area contributed by atoms with Gasteiger partial charge in [0.15, 0.2) is 5.96 Å². The number of hydrogen-bond donors (Lipinski definition) is 9. The zero-order chi connectivity index (χ0) is 26.3. The molecule has 0 aliphatic carbocycles. The molecule has 0 radical (unpaired) electrons. The summed E-state index contributed by atoms with van der Waals surface area (Å²) in [5.41, 5.74) is 20.7. The van der Waals surface area contributed by atoms with Crippen molar-refractivity contribution in [1.29, 1.82) is 0 Å². The number of carbonyl (C=O) groups excluding carboxylic acids is 4. The first kappa shape index (κ1) is 30.1. The second kappa shape index (κ2) is 15.8. The van der Waals surface area contributed by atoms with E-state index in [0.29, 0.717) is 0 Å². The molecule has 3 unspecified atom stereocenters. The molecule has 0 spiro atoms. The number of carboxylic acids is 2. The van der Waals surface area contributed by atoms with Crippen LogP contribution in [-0.4, -0.2) is 83.0 Å². The fourth-order valence-electron chi connectivity index (χ4n) is 2.65. The highest BCUT2D eigenvalue weighted by atomic mass is 16.4. The van der Waals surface area contributed by atoms with Gasteiger partial charge in [-0.1, -0.05) is 0 Å². The number of aliphatic imine (C=N–C) groups is 1. The Kier molecular flexibility index (Phi) is 14.0. The van der Waals surface area contributed by atoms with Gasteiger partial charge in [0, 0.05) is 19.4 Å². The molecule has 0 fully saturated rings. The zero-order valence-corrected chi connectivity index (χ0v) is 18.5. The summed E-state index contributed by atoms with van der Waals surface area (Å²) in [7, 11) is 0.